The molecule has 0 saturated carbocycles. The quantitative estimate of drug-likeness (QED) is 0.887. The topological polar surface area (TPSA) is 12.0 Å². The van der Waals surface area contributed by atoms with Gasteiger partial charge in [0.2, 0.25) is 0 Å². The van der Waals surface area contributed by atoms with Gasteiger partial charge < -0.3 is 5.32 Å². The van der Waals surface area contributed by atoms with Crippen LogP contribution in [-0.2, 0) is 6.42 Å². The Morgan fingerprint density at radius 3 is 2.80 bits per heavy atom. The van der Waals surface area contributed by atoms with Crippen molar-refractivity contribution in [3.05, 3.63) is 59.4 Å². The maximum absolute atomic E-state index is 13.2. The minimum Gasteiger partial charge on any atom is -0.313 e. The molecule has 20 heavy (non-hydrogen) atoms. The zero-order valence-electron chi connectivity index (χ0n) is 11.5. The maximum Gasteiger partial charge on any atom is 0.124 e. The molecule has 1 atom stereocenters. The van der Waals surface area contributed by atoms with Gasteiger partial charge >= 0.3 is 0 Å². The summed E-state index contributed by atoms with van der Waals surface area (Å²) in [5.74, 6) is -0.178. The van der Waals surface area contributed by atoms with Crippen molar-refractivity contribution in [1.82, 2.24) is 5.32 Å². The number of rotatable bonds is 3. The third-order valence-corrected chi connectivity index (χ3v) is 4.79. The first-order valence-electron chi connectivity index (χ1n) is 7.00. The van der Waals surface area contributed by atoms with Crippen LogP contribution in [0.15, 0.2) is 52.3 Å². The van der Waals surface area contributed by atoms with E-state index in [4.69, 9.17) is 0 Å². The maximum atomic E-state index is 13.2. The standard InChI is InChI=1S/C17H18FNS/c1-19-17-7-2-4-12-10-15(8-9-16(12)17)20-14-6-3-5-13(18)11-14/h3,5-6,8-11,17,19H,2,4,7H2,1H3. The van der Waals surface area contributed by atoms with E-state index in [2.05, 4.69) is 23.5 Å². The second-order valence-electron chi connectivity index (χ2n) is 5.15. The number of halogens is 1. The Morgan fingerprint density at radius 1 is 1.15 bits per heavy atom. The van der Waals surface area contributed by atoms with Crippen LogP contribution in [0.4, 0.5) is 4.39 Å². The van der Waals surface area contributed by atoms with Crippen molar-refractivity contribution in [2.75, 3.05) is 7.05 Å². The summed E-state index contributed by atoms with van der Waals surface area (Å²) in [6, 6.07) is 13.9. The fourth-order valence-corrected chi connectivity index (χ4v) is 3.75. The summed E-state index contributed by atoms with van der Waals surface area (Å²) in [6.07, 6.45) is 3.58. The van der Waals surface area contributed by atoms with E-state index in [-0.39, 0.29) is 5.82 Å². The Hall–Kier alpha value is -1.32. The lowest BCUT2D eigenvalue weighted by Crippen LogP contribution is -2.21. The van der Waals surface area contributed by atoms with E-state index in [0.717, 1.165) is 11.3 Å². The summed E-state index contributed by atoms with van der Waals surface area (Å²) in [5, 5.41) is 3.38. The Labute approximate surface area is 123 Å². The zero-order chi connectivity index (χ0) is 13.9. The van der Waals surface area contributed by atoms with Crippen molar-refractivity contribution < 1.29 is 4.39 Å². The molecule has 2 aromatic rings. The number of benzene rings is 2. The van der Waals surface area contributed by atoms with Crippen LogP contribution in [0.2, 0.25) is 0 Å². The number of hydrogen-bond acceptors (Lipinski definition) is 2. The van der Waals surface area contributed by atoms with Gasteiger partial charge in [-0.1, -0.05) is 23.9 Å². The summed E-state index contributed by atoms with van der Waals surface area (Å²) < 4.78 is 13.2. The predicted molar refractivity (Wildman–Crippen MR) is 81.7 cm³/mol. The van der Waals surface area contributed by atoms with Crippen molar-refractivity contribution in [2.45, 2.75) is 35.1 Å². The minimum atomic E-state index is -0.178. The summed E-state index contributed by atoms with van der Waals surface area (Å²) >= 11 is 1.62. The van der Waals surface area contributed by atoms with Gasteiger partial charge in [0.1, 0.15) is 5.82 Å². The molecule has 0 spiro atoms. The highest BCUT2D eigenvalue weighted by molar-refractivity contribution is 7.99. The van der Waals surface area contributed by atoms with Crippen molar-refractivity contribution in [2.24, 2.45) is 0 Å². The molecule has 0 aromatic heterocycles. The molecule has 0 aliphatic heterocycles. The van der Waals surface area contributed by atoms with Crippen molar-refractivity contribution in [3.8, 4) is 0 Å². The monoisotopic (exact) mass is 287 g/mol. The lowest BCUT2D eigenvalue weighted by molar-refractivity contribution is 0.496. The van der Waals surface area contributed by atoms with E-state index in [1.54, 1.807) is 23.9 Å². The van der Waals surface area contributed by atoms with Crippen LogP contribution in [-0.4, -0.2) is 7.05 Å². The first kappa shape index (κ1) is 13.7. The lowest BCUT2D eigenvalue weighted by atomic mass is 9.88. The van der Waals surface area contributed by atoms with E-state index in [1.165, 1.54) is 34.9 Å². The Balaban J connectivity index is 1.85. The number of aryl methyl sites for hydroxylation is 1. The molecule has 0 saturated heterocycles. The molecule has 1 aliphatic rings. The van der Waals surface area contributed by atoms with E-state index < -0.39 is 0 Å². The third kappa shape index (κ3) is 2.89. The van der Waals surface area contributed by atoms with E-state index in [9.17, 15) is 4.39 Å². The smallest absolute Gasteiger partial charge is 0.124 e. The summed E-state index contributed by atoms with van der Waals surface area (Å²) in [6.45, 7) is 0. The average molecular weight is 287 g/mol. The molecule has 1 nitrogen and oxygen atoms in total. The normalized spacial score (nSPS) is 17.8. The molecule has 0 fully saturated rings. The molecule has 2 aromatic carbocycles. The van der Waals surface area contributed by atoms with Crippen LogP contribution in [0.1, 0.15) is 30.0 Å². The van der Waals surface area contributed by atoms with Gasteiger partial charge in [0.25, 0.3) is 0 Å². The SMILES string of the molecule is CNC1CCCc2cc(Sc3cccc(F)c3)ccc21. The number of nitrogens with one attached hydrogen (secondary N) is 1. The van der Waals surface area contributed by atoms with Crippen molar-refractivity contribution >= 4 is 11.8 Å². The van der Waals surface area contributed by atoms with Gasteiger partial charge in [0.05, 0.1) is 0 Å². The average Bonchev–Trinajstić information content (AvgIpc) is 2.46. The largest absolute Gasteiger partial charge is 0.313 e. The molecule has 0 radical (unpaired) electrons. The van der Waals surface area contributed by atoms with Gasteiger partial charge in [-0.3, -0.25) is 0 Å². The molecule has 0 amide bonds. The van der Waals surface area contributed by atoms with Gasteiger partial charge in [-0.05, 0) is 67.8 Å². The fraction of sp³-hybridized carbons (Fsp3) is 0.294. The number of hydrogen-bond donors (Lipinski definition) is 1. The summed E-state index contributed by atoms with van der Waals surface area (Å²) in [7, 11) is 2.02. The minimum absolute atomic E-state index is 0.178. The van der Waals surface area contributed by atoms with Gasteiger partial charge in [-0.2, -0.15) is 0 Å². The Kier molecular flexibility index (Phi) is 4.08. The molecule has 1 aliphatic carbocycles. The van der Waals surface area contributed by atoms with E-state index >= 15 is 0 Å². The lowest BCUT2D eigenvalue weighted by Gasteiger charge is -2.25. The molecule has 3 heteroatoms. The molecule has 1 N–H and O–H groups in total. The molecule has 0 heterocycles. The Morgan fingerprint density at radius 2 is 2.00 bits per heavy atom. The van der Waals surface area contributed by atoms with Crippen molar-refractivity contribution in [3.63, 3.8) is 0 Å². The van der Waals surface area contributed by atoms with Crippen LogP contribution >= 0.6 is 11.8 Å². The van der Waals surface area contributed by atoms with Crippen LogP contribution in [0, 0.1) is 5.82 Å². The summed E-state index contributed by atoms with van der Waals surface area (Å²) in [4.78, 5) is 2.14. The Bertz CT molecular complexity index is 612. The fourth-order valence-electron chi connectivity index (χ4n) is 2.82. The van der Waals surface area contributed by atoms with Crippen LogP contribution in [0.3, 0.4) is 0 Å². The molecule has 1 unspecified atom stereocenters. The molecule has 104 valence electrons. The van der Waals surface area contributed by atoms with E-state index in [0.29, 0.717) is 6.04 Å². The molecule has 0 bridgehead atoms. The van der Waals surface area contributed by atoms with Gasteiger partial charge in [-0.15, -0.1) is 0 Å². The summed E-state index contributed by atoms with van der Waals surface area (Å²) in [5.41, 5.74) is 2.85. The van der Waals surface area contributed by atoms with Crippen molar-refractivity contribution in [1.29, 1.82) is 0 Å². The van der Waals surface area contributed by atoms with Gasteiger partial charge in [0, 0.05) is 15.8 Å². The molecular weight excluding hydrogens is 269 g/mol. The van der Waals surface area contributed by atoms with Gasteiger partial charge in [0.15, 0.2) is 0 Å². The highest BCUT2D eigenvalue weighted by atomic mass is 32.2. The van der Waals surface area contributed by atoms with Crippen LogP contribution in [0.5, 0.6) is 0 Å². The number of fused-ring (bicyclic) bond motifs is 1. The van der Waals surface area contributed by atoms with Crippen LogP contribution in [0.25, 0.3) is 0 Å². The zero-order valence-corrected chi connectivity index (χ0v) is 12.3. The second-order valence-corrected chi connectivity index (χ2v) is 6.30. The highest BCUT2D eigenvalue weighted by Gasteiger charge is 2.18. The van der Waals surface area contributed by atoms with Gasteiger partial charge in [-0.25, -0.2) is 4.39 Å². The molecule has 3 rings (SSSR count). The predicted octanol–water partition coefficient (Wildman–Crippen LogP) is 4.57. The third-order valence-electron chi connectivity index (χ3n) is 3.81. The first-order valence-corrected chi connectivity index (χ1v) is 7.81. The van der Waals surface area contributed by atoms with Crippen LogP contribution < -0.4 is 5.32 Å². The molecular formula is C17H18FNS. The van der Waals surface area contributed by atoms with E-state index in [1.807, 2.05) is 13.1 Å². The first-order chi connectivity index (χ1) is 9.76. The highest BCUT2D eigenvalue weighted by Crippen LogP contribution is 2.34. The second kappa shape index (κ2) is 5.98.